The summed E-state index contributed by atoms with van der Waals surface area (Å²) in [6, 6.07) is 12.9. The van der Waals surface area contributed by atoms with Crippen LogP contribution < -0.4 is 4.90 Å². The standard InChI is InChI=1S/C24H27N5O4/c1-24(2,3)33-23(30)28-14-12-27(13-15-28)18-10-8-17(22(16-18)29(31)32)9-11-21-19-6-4-5-7-20(19)25-26-21/h4-11,16H,12-15H2,1-3H3,(H,25,26). The van der Waals surface area contributed by atoms with E-state index in [9.17, 15) is 14.9 Å². The van der Waals surface area contributed by atoms with Gasteiger partial charge in [0.15, 0.2) is 0 Å². The number of amides is 1. The number of piperazine rings is 1. The van der Waals surface area contributed by atoms with Gasteiger partial charge in [-0.1, -0.05) is 18.2 Å². The summed E-state index contributed by atoms with van der Waals surface area (Å²) in [4.78, 5) is 27.4. The van der Waals surface area contributed by atoms with Crippen LogP contribution in [0.25, 0.3) is 23.1 Å². The van der Waals surface area contributed by atoms with Crippen LogP contribution in [-0.4, -0.2) is 57.9 Å². The van der Waals surface area contributed by atoms with Gasteiger partial charge in [-0.25, -0.2) is 4.79 Å². The van der Waals surface area contributed by atoms with Gasteiger partial charge in [-0.2, -0.15) is 5.10 Å². The van der Waals surface area contributed by atoms with E-state index < -0.39 is 5.60 Å². The molecule has 1 aliphatic rings. The quantitative estimate of drug-likeness (QED) is 0.457. The predicted octanol–water partition coefficient (Wildman–Crippen LogP) is 4.70. The molecule has 0 radical (unpaired) electrons. The normalized spacial score (nSPS) is 14.8. The number of nitrogens with zero attached hydrogens (tertiary/aromatic N) is 4. The molecule has 3 aromatic rings. The van der Waals surface area contributed by atoms with E-state index >= 15 is 0 Å². The lowest BCUT2D eigenvalue weighted by molar-refractivity contribution is -0.385. The first-order valence-electron chi connectivity index (χ1n) is 10.8. The molecular formula is C24H27N5O4. The van der Waals surface area contributed by atoms with Crippen molar-refractivity contribution in [3.05, 3.63) is 63.8 Å². The molecule has 0 spiro atoms. The Morgan fingerprint density at radius 3 is 2.55 bits per heavy atom. The number of carbonyl (C=O) groups is 1. The van der Waals surface area contributed by atoms with Crippen LogP contribution in [-0.2, 0) is 4.74 Å². The third-order valence-electron chi connectivity index (χ3n) is 5.43. The smallest absolute Gasteiger partial charge is 0.410 e. The molecule has 0 unspecified atom stereocenters. The molecule has 1 aliphatic heterocycles. The van der Waals surface area contributed by atoms with Gasteiger partial charge < -0.3 is 14.5 Å². The average molecular weight is 450 g/mol. The molecule has 2 heterocycles. The molecule has 4 rings (SSSR count). The number of anilines is 1. The van der Waals surface area contributed by atoms with Crippen molar-refractivity contribution in [2.24, 2.45) is 0 Å². The topological polar surface area (TPSA) is 105 Å². The SMILES string of the molecule is CC(C)(C)OC(=O)N1CCN(c2ccc(C=Cc3n[nH]c4ccccc34)c([N+](=O)[O-])c2)CC1. The van der Waals surface area contributed by atoms with Crippen LogP contribution in [0.2, 0.25) is 0 Å². The monoisotopic (exact) mass is 449 g/mol. The minimum atomic E-state index is -0.541. The minimum absolute atomic E-state index is 0.0261. The summed E-state index contributed by atoms with van der Waals surface area (Å²) in [7, 11) is 0. The molecule has 1 fully saturated rings. The van der Waals surface area contributed by atoms with Gasteiger partial charge in [0.05, 0.1) is 21.7 Å². The molecule has 0 saturated carbocycles. The van der Waals surface area contributed by atoms with E-state index in [1.54, 1.807) is 29.2 Å². The number of aromatic nitrogens is 2. The molecule has 0 atom stereocenters. The number of H-pyrrole nitrogens is 1. The van der Waals surface area contributed by atoms with E-state index in [2.05, 4.69) is 10.2 Å². The molecule has 172 valence electrons. The summed E-state index contributed by atoms with van der Waals surface area (Å²) < 4.78 is 5.43. The van der Waals surface area contributed by atoms with Crippen LogP contribution in [0.4, 0.5) is 16.2 Å². The summed E-state index contributed by atoms with van der Waals surface area (Å²) in [6.45, 7) is 7.66. The van der Waals surface area contributed by atoms with Crippen LogP contribution in [0.3, 0.4) is 0 Å². The Kier molecular flexibility index (Phi) is 6.04. The first-order chi connectivity index (χ1) is 15.7. The lowest BCUT2D eigenvalue weighted by atomic mass is 10.1. The summed E-state index contributed by atoms with van der Waals surface area (Å²) in [6.07, 6.45) is 3.16. The third kappa shape index (κ3) is 5.14. The largest absolute Gasteiger partial charge is 0.444 e. The first-order valence-corrected chi connectivity index (χ1v) is 10.8. The second kappa shape index (κ2) is 8.93. The zero-order valence-corrected chi connectivity index (χ0v) is 18.9. The van der Waals surface area contributed by atoms with Crippen molar-refractivity contribution in [1.82, 2.24) is 15.1 Å². The first kappa shape index (κ1) is 22.3. The number of hydrogen-bond acceptors (Lipinski definition) is 6. The van der Waals surface area contributed by atoms with Gasteiger partial charge in [0, 0.05) is 43.3 Å². The number of nitro groups is 1. The van der Waals surface area contributed by atoms with E-state index in [-0.39, 0.29) is 16.7 Å². The molecule has 1 aromatic heterocycles. The van der Waals surface area contributed by atoms with Crippen molar-refractivity contribution < 1.29 is 14.5 Å². The Labute approximate surface area is 191 Å². The zero-order valence-electron chi connectivity index (χ0n) is 18.9. The number of nitro benzene ring substituents is 1. The number of para-hydroxylation sites is 1. The fourth-order valence-electron chi connectivity index (χ4n) is 3.78. The Balaban J connectivity index is 1.49. The fraction of sp³-hybridized carbons (Fsp3) is 0.333. The van der Waals surface area contributed by atoms with Crippen LogP contribution in [0.1, 0.15) is 32.0 Å². The van der Waals surface area contributed by atoms with Crippen LogP contribution in [0.5, 0.6) is 0 Å². The highest BCUT2D eigenvalue weighted by Gasteiger charge is 2.26. The summed E-state index contributed by atoms with van der Waals surface area (Å²) in [5.74, 6) is 0. The number of fused-ring (bicyclic) bond motifs is 1. The van der Waals surface area contributed by atoms with E-state index in [0.717, 1.165) is 22.3 Å². The predicted molar refractivity (Wildman–Crippen MR) is 128 cm³/mol. The number of nitrogens with one attached hydrogen (secondary N) is 1. The van der Waals surface area contributed by atoms with E-state index in [1.807, 2.05) is 56.0 Å². The van der Waals surface area contributed by atoms with Crippen molar-refractivity contribution in [2.75, 3.05) is 31.1 Å². The highest BCUT2D eigenvalue weighted by atomic mass is 16.6. The molecule has 0 bridgehead atoms. The van der Waals surface area contributed by atoms with Crippen LogP contribution in [0.15, 0.2) is 42.5 Å². The van der Waals surface area contributed by atoms with Gasteiger partial charge in [-0.15, -0.1) is 0 Å². The fourth-order valence-corrected chi connectivity index (χ4v) is 3.78. The number of benzene rings is 2. The molecular weight excluding hydrogens is 422 g/mol. The third-order valence-corrected chi connectivity index (χ3v) is 5.43. The van der Waals surface area contributed by atoms with Gasteiger partial charge in [0.1, 0.15) is 5.60 Å². The van der Waals surface area contributed by atoms with E-state index in [0.29, 0.717) is 31.7 Å². The van der Waals surface area contributed by atoms with Crippen LogP contribution in [0, 0.1) is 10.1 Å². The van der Waals surface area contributed by atoms with Gasteiger partial charge in [0.25, 0.3) is 5.69 Å². The summed E-state index contributed by atoms with van der Waals surface area (Å²) in [5, 5.41) is 20.0. The number of hydrogen-bond donors (Lipinski definition) is 1. The van der Waals surface area contributed by atoms with Gasteiger partial charge in [-0.3, -0.25) is 15.2 Å². The summed E-state index contributed by atoms with van der Waals surface area (Å²) in [5.41, 5.74) is 2.38. The van der Waals surface area contributed by atoms with Gasteiger partial charge in [-0.05, 0) is 51.1 Å². The van der Waals surface area contributed by atoms with Crippen molar-refractivity contribution in [2.45, 2.75) is 26.4 Å². The maximum Gasteiger partial charge on any atom is 0.410 e. The number of ether oxygens (including phenoxy) is 1. The number of rotatable bonds is 4. The Morgan fingerprint density at radius 1 is 1.12 bits per heavy atom. The van der Waals surface area contributed by atoms with Crippen molar-refractivity contribution in [3.8, 4) is 0 Å². The molecule has 1 N–H and O–H groups in total. The number of aromatic amines is 1. The Hall–Kier alpha value is -3.88. The molecule has 0 aliphatic carbocycles. The Morgan fingerprint density at radius 2 is 1.85 bits per heavy atom. The molecule has 33 heavy (non-hydrogen) atoms. The molecule has 9 nitrogen and oxygen atoms in total. The second-order valence-electron chi connectivity index (χ2n) is 8.94. The maximum atomic E-state index is 12.3. The Bertz CT molecular complexity index is 1200. The highest BCUT2D eigenvalue weighted by molar-refractivity contribution is 5.90. The van der Waals surface area contributed by atoms with Crippen molar-refractivity contribution in [1.29, 1.82) is 0 Å². The molecule has 1 saturated heterocycles. The lowest BCUT2D eigenvalue weighted by Gasteiger charge is -2.36. The van der Waals surface area contributed by atoms with Crippen LogP contribution >= 0.6 is 0 Å². The minimum Gasteiger partial charge on any atom is -0.444 e. The summed E-state index contributed by atoms with van der Waals surface area (Å²) >= 11 is 0. The van der Waals surface area contributed by atoms with Crippen molar-refractivity contribution >= 4 is 40.5 Å². The van der Waals surface area contributed by atoms with Gasteiger partial charge >= 0.3 is 6.09 Å². The zero-order chi connectivity index (χ0) is 23.6. The molecule has 9 heteroatoms. The van der Waals surface area contributed by atoms with E-state index in [4.69, 9.17) is 4.74 Å². The van der Waals surface area contributed by atoms with Gasteiger partial charge in [0.2, 0.25) is 0 Å². The van der Waals surface area contributed by atoms with E-state index in [1.165, 1.54) is 0 Å². The van der Waals surface area contributed by atoms with Crippen molar-refractivity contribution in [3.63, 3.8) is 0 Å². The number of carbonyl (C=O) groups excluding carboxylic acids is 1. The molecule has 1 amide bonds. The highest BCUT2D eigenvalue weighted by Crippen LogP contribution is 2.29. The second-order valence-corrected chi connectivity index (χ2v) is 8.94. The maximum absolute atomic E-state index is 12.3. The lowest BCUT2D eigenvalue weighted by Crippen LogP contribution is -2.50. The molecule has 2 aromatic carbocycles. The average Bonchev–Trinajstić information content (AvgIpc) is 3.19.